The lowest BCUT2D eigenvalue weighted by Crippen LogP contribution is -2.26. The van der Waals surface area contributed by atoms with Crippen molar-refractivity contribution < 1.29 is 14.3 Å². The number of nitrogens with zero attached hydrogens (tertiary/aromatic N) is 2. The molecule has 1 unspecified atom stereocenters. The summed E-state index contributed by atoms with van der Waals surface area (Å²) in [7, 11) is 1.62. The van der Waals surface area contributed by atoms with Crippen molar-refractivity contribution in [2.75, 3.05) is 19.0 Å². The minimum Gasteiger partial charge on any atom is -0.449 e. The van der Waals surface area contributed by atoms with Gasteiger partial charge in [0.25, 0.3) is 5.91 Å². The van der Waals surface area contributed by atoms with E-state index in [4.69, 9.17) is 4.74 Å². The fraction of sp³-hybridized carbons (Fsp3) is 0.357. The monoisotopic (exact) mass is 275 g/mol. The topological polar surface area (TPSA) is 71.0 Å². The SMILES string of the molecule is CC1=NN(C)C(=O)C1CCOC(=O)Nc1ccccc1. The smallest absolute Gasteiger partial charge is 0.411 e. The van der Waals surface area contributed by atoms with Crippen LogP contribution in [-0.2, 0) is 9.53 Å². The molecule has 6 nitrogen and oxygen atoms in total. The summed E-state index contributed by atoms with van der Waals surface area (Å²) in [5.74, 6) is -0.348. The number of hydrogen-bond donors (Lipinski definition) is 1. The van der Waals surface area contributed by atoms with Crippen LogP contribution < -0.4 is 5.32 Å². The number of hydrazone groups is 1. The van der Waals surface area contributed by atoms with Crippen molar-refractivity contribution in [2.45, 2.75) is 13.3 Å². The Kier molecular flexibility index (Phi) is 4.34. The van der Waals surface area contributed by atoms with E-state index in [2.05, 4.69) is 10.4 Å². The minimum absolute atomic E-state index is 0.0606. The van der Waals surface area contributed by atoms with Crippen molar-refractivity contribution >= 4 is 23.4 Å². The summed E-state index contributed by atoms with van der Waals surface area (Å²) in [5.41, 5.74) is 1.43. The molecule has 2 amide bonds. The van der Waals surface area contributed by atoms with Gasteiger partial charge in [-0.3, -0.25) is 10.1 Å². The molecule has 1 aromatic rings. The third-order valence-electron chi connectivity index (χ3n) is 3.09. The van der Waals surface area contributed by atoms with Gasteiger partial charge in [0.05, 0.1) is 12.5 Å². The lowest BCUT2D eigenvalue weighted by molar-refractivity contribution is -0.130. The molecule has 1 aromatic carbocycles. The second kappa shape index (κ2) is 6.18. The Morgan fingerprint density at radius 3 is 2.70 bits per heavy atom. The zero-order chi connectivity index (χ0) is 14.5. The maximum Gasteiger partial charge on any atom is 0.411 e. The van der Waals surface area contributed by atoms with E-state index in [1.165, 1.54) is 5.01 Å². The molecule has 0 saturated heterocycles. The normalized spacial score (nSPS) is 17.9. The van der Waals surface area contributed by atoms with Gasteiger partial charge in [0, 0.05) is 18.4 Å². The minimum atomic E-state index is -0.524. The van der Waals surface area contributed by atoms with Crippen LogP contribution in [0.15, 0.2) is 35.4 Å². The van der Waals surface area contributed by atoms with Gasteiger partial charge >= 0.3 is 6.09 Å². The number of ether oxygens (including phenoxy) is 1. The highest BCUT2D eigenvalue weighted by Gasteiger charge is 2.30. The van der Waals surface area contributed by atoms with E-state index in [-0.39, 0.29) is 18.4 Å². The van der Waals surface area contributed by atoms with Gasteiger partial charge in [0.1, 0.15) is 0 Å². The van der Waals surface area contributed by atoms with Gasteiger partial charge in [0.15, 0.2) is 0 Å². The van der Waals surface area contributed by atoms with Gasteiger partial charge in [-0.05, 0) is 25.5 Å². The highest BCUT2D eigenvalue weighted by Crippen LogP contribution is 2.17. The van der Waals surface area contributed by atoms with Crippen LogP contribution in [0.4, 0.5) is 10.5 Å². The summed E-state index contributed by atoms with van der Waals surface area (Å²) in [5, 5.41) is 8.00. The number of carbonyl (C=O) groups excluding carboxylic acids is 2. The van der Waals surface area contributed by atoms with Crippen molar-refractivity contribution in [2.24, 2.45) is 11.0 Å². The first-order valence-corrected chi connectivity index (χ1v) is 6.39. The van der Waals surface area contributed by atoms with Crippen LogP contribution in [-0.4, -0.2) is 36.4 Å². The molecule has 0 saturated carbocycles. The van der Waals surface area contributed by atoms with E-state index in [0.29, 0.717) is 12.1 Å². The molecule has 0 aliphatic carbocycles. The zero-order valence-corrected chi connectivity index (χ0v) is 11.5. The van der Waals surface area contributed by atoms with Gasteiger partial charge in [-0.15, -0.1) is 0 Å². The Balaban J connectivity index is 1.75. The maximum absolute atomic E-state index is 11.7. The molecule has 1 heterocycles. The van der Waals surface area contributed by atoms with Crippen LogP contribution in [0.25, 0.3) is 0 Å². The second-order valence-electron chi connectivity index (χ2n) is 4.57. The average Bonchev–Trinajstić information content (AvgIpc) is 2.66. The highest BCUT2D eigenvalue weighted by molar-refractivity contribution is 6.06. The molecular weight excluding hydrogens is 258 g/mol. The molecule has 1 N–H and O–H groups in total. The first-order valence-electron chi connectivity index (χ1n) is 6.39. The van der Waals surface area contributed by atoms with Crippen LogP contribution in [0.1, 0.15) is 13.3 Å². The predicted molar refractivity (Wildman–Crippen MR) is 75.4 cm³/mol. The zero-order valence-electron chi connectivity index (χ0n) is 11.5. The molecule has 0 spiro atoms. The van der Waals surface area contributed by atoms with Gasteiger partial charge in [-0.25, -0.2) is 9.80 Å². The van der Waals surface area contributed by atoms with Gasteiger partial charge in [-0.1, -0.05) is 18.2 Å². The molecule has 0 fully saturated rings. The van der Waals surface area contributed by atoms with Crippen LogP contribution >= 0.6 is 0 Å². The molecule has 20 heavy (non-hydrogen) atoms. The van der Waals surface area contributed by atoms with Crippen LogP contribution in [0.3, 0.4) is 0 Å². The molecule has 2 rings (SSSR count). The summed E-state index contributed by atoms with van der Waals surface area (Å²) in [4.78, 5) is 23.3. The number of hydrogen-bond acceptors (Lipinski definition) is 4. The number of para-hydroxylation sites is 1. The van der Waals surface area contributed by atoms with Crippen molar-refractivity contribution in [3.63, 3.8) is 0 Å². The van der Waals surface area contributed by atoms with E-state index >= 15 is 0 Å². The van der Waals surface area contributed by atoms with Gasteiger partial charge in [0.2, 0.25) is 0 Å². The number of benzene rings is 1. The summed E-state index contributed by atoms with van der Waals surface area (Å²) in [6.07, 6.45) is -0.0784. The van der Waals surface area contributed by atoms with E-state index in [1.807, 2.05) is 18.2 Å². The first-order chi connectivity index (χ1) is 9.58. The summed E-state index contributed by atoms with van der Waals surface area (Å²) in [6.45, 7) is 1.98. The van der Waals surface area contributed by atoms with Crippen LogP contribution in [0.5, 0.6) is 0 Å². The number of amides is 2. The van der Waals surface area contributed by atoms with Crippen molar-refractivity contribution in [1.29, 1.82) is 0 Å². The fourth-order valence-corrected chi connectivity index (χ4v) is 2.04. The summed E-state index contributed by atoms with van der Waals surface area (Å²) in [6, 6.07) is 9.05. The second-order valence-corrected chi connectivity index (χ2v) is 4.57. The number of anilines is 1. The van der Waals surface area contributed by atoms with Crippen molar-refractivity contribution in [3.8, 4) is 0 Å². The van der Waals surface area contributed by atoms with E-state index < -0.39 is 6.09 Å². The van der Waals surface area contributed by atoms with E-state index in [0.717, 1.165) is 5.71 Å². The molecule has 1 aliphatic rings. The highest BCUT2D eigenvalue weighted by atomic mass is 16.5. The van der Waals surface area contributed by atoms with Crippen LogP contribution in [0.2, 0.25) is 0 Å². The third kappa shape index (κ3) is 3.34. The third-order valence-corrected chi connectivity index (χ3v) is 3.09. The lowest BCUT2D eigenvalue weighted by atomic mass is 10.0. The Morgan fingerprint density at radius 1 is 1.40 bits per heavy atom. The Morgan fingerprint density at radius 2 is 2.10 bits per heavy atom. The molecule has 0 aromatic heterocycles. The van der Waals surface area contributed by atoms with Gasteiger partial charge < -0.3 is 4.74 Å². The lowest BCUT2D eigenvalue weighted by Gasteiger charge is -2.11. The molecule has 1 aliphatic heterocycles. The molecular formula is C14H17N3O3. The maximum atomic E-state index is 11.7. The van der Waals surface area contributed by atoms with Crippen LogP contribution in [0, 0.1) is 5.92 Å². The first kappa shape index (κ1) is 14.0. The Hall–Kier alpha value is -2.37. The molecule has 106 valence electrons. The van der Waals surface area contributed by atoms with E-state index in [1.54, 1.807) is 26.1 Å². The fourth-order valence-electron chi connectivity index (χ4n) is 2.04. The van der Waals surface area contributed by atoms with Crippen molar-refractivity contribution in [3.05, 3.63) is 30.3 Å². The Bertz CT molecular complexity index is 528. The van der Waals surface area contributed by atoms with Crippen molar-refractivity contribution in [1.82, 2.24) is 5.01 Å². The van der Waals surface area contributed by atoms with Gasteiger partial charge in [-0.2, -0.15) is 5.10 Å². The number of rotatable bonds is 4. The predicted octanol–water partition coefficient (Wildman–Crippen LogP) is 2.09. The summed E-state index contributed by atoms with van der Waals surface area (Å²) < 4.78 is 5.06. The molecule has 1 atom stereocenters. The standard InChI is InChI=1S/C14H17N3O3/c1-10-12(13(18)17(2)16-10)8-9-20-14(19)15-11-6-4-3-5-7-11/h3-7,12H,8-9H2,1-2H3,(H,15,19). The molecule has 0 bridgehead atoms. The number of carbonyl (C=O) groups is 2. The van der Waals surface area contributed by atoms with E-state index in [9.17, 15) is 9.59 Å². The summed E-state index contributed by atoms with van der Waals surface area (Å²) >= 11 is 0. The molecule has 6 heteroatoms. The Labute approximate surface area is 117 Å². The quantitative estimate of drug-likeness (QED) is 0.914. The average molecular weight is 275 g/mol. The largest absolute Gasteiger partial charge is 0.449 e. The molecule has 0 radical (unpaired) electrons. The number of nitrogens with one attached hydrogen (secondary N) is 1.